The van der Waals surface area contributed by atoms with Crippen molar-refractivity contribution in [1.29, 1.82) is 0 Å². The summed E-state index contributed by atoms with van der Waals surface area (Å²) in [7, 11) is 0. The Morgan fingerprint density at radius 1 is 0.958 bits per heavy atom. The van der Waals surface area contributed by atoms with Crippen LogP contribution in [0.4, 0.5) is 8.78 Å². The summed E-state index contributed by atoms with van der Waals surface area (Å²) in [5.74, 6) is 0.770. The van der Waals surface area contributed by atoms with Crippen LogP contribution in [0, 0.1) is 24.5 Å². The SMILES string of the molecule is Cc1c(F)cc(C2CCC(C[C@@H](C)c3ccccc3)CC2)cc1F. The molecule has 0 amide bonds. The van der Waals surface area contributed by atoms with Gasteiger partial charge in [-0.2, -0.15) is 0 Å². The van der Waals surface area contributed by atoms with Crippen LogP contribution in [0.15, 0.2) is 42.5 Å². The largest absolute Gasteiger partial charge is 0.207 e. The van der Waals surface area contributed by atoms with E-state index in [4.69, 9.17) is 0 Å². The molecule has 3 rings (SSSR count). The summed E-state index contributed by atoms with van der Waals surface area (Å²) in [6.07, 6.45) is 5.58. The van der Waals surface area contributed by atoms with Crippen LogP contribution < -0.4 is 0 Å². The van der Waals surface area contributed by atoms with Crippen molar-refractivity contribution < 1.29 is 8.78 Å². The smallest absolute Gasteiger partial charge is 0.129 e. The third kappa shape index (κ3) is 3.85. The van der Waals surface area contributed by atoms with Crippen molar-refractivity contribution in [1.82, 2.24) is 0 Å². The molecule has 1 aliphatic rings. The molecule has 0 saturated heterocycles. The Morgan fingerprint density at radius 2 is 1.54 bits per heavy atom. The molecule has 2 heteroatoms. The summed E-state index contributed by atoms with van der Waals surface area (Å²) < 4.78 is 27.6. The van der Waals surface area contributed by atoms with Crippen LogP contribution in [-0.2, 0) is 0 Å². The van der Waals surface area contributed by atoms with Gasteiger partial charge >= 0.3 is 0 Å². The lowest BCUT2D eigenvalue weighted by atomic mass is 9.75. The zero-order valence-electron chi connectivity index (χ0n) is 14.6. The van der Waals surface area contributed by atoms with Crippen molar-refractivity contribution in [3.05, 3.63) is 70.8 Å². The van der Waals surface area contributed by atoms with E-state index in [1.165, 1.54) is 31.0 Å². The highest BCUT2D eigenvalue weighted by Crippen LogP contribution is 2.40. The molecule has 2 aromatic carbocycles. The van der Waals surface area contributed by atoms with Crippen LogP contribution in [0.5, 0.6) is 0 Å². The molecule has 0 aliphatic heterocycles. The van der Waals surface area contributed by atoms with Crippen LogP contribution in [0.3, 0.4) is 0 Å². The topological polar surface area (TPSA) is 0 Å². The Bertz CT molecular complexity index is 647. The monoisotopic (exact) mass is 328 g/mol. The second kappa shape index (κ2) is 7.46. The van der Waals surface area contributed by atoms with Crippen molar-refractivity contribution in [2.45, 2.75) is 57.8 Å². The summed E-state index contributed by atoms with van der Waals surface area (Å²) in [5.41, 5.74) is 2.37. The predicted octanol–water partition coefficient (Wildman–Crippen LogP) is 6.74. The van der Waals surface area contributed by atoms with Gasteiger partial charge in [-0.3, -0.25) is 0 Å². The fourth-order valence-electron chi connectivity index (χ4n) is 4.05. The first-order valence-electron chi connectivity index (χ1n) is 9.05. The molecule has 0 spiro atoms. The van der Waals surface area contributed by atoms with Crippen molar-refractivity contribution in [2.75, 3.05) is 0 Å². The van der Waals surface area contributed by atoms with Crippen molar-refractivity contribution in [2.24, 2.45) is 5.92 Å². The average Bonchev–Trinajstić information content (AvgIpc) is 2.60. The average molecular weight is 328 g/mol. The molecule has 1 atom stereocenters. The number of hydrogen-bond donors (Lipinski definition) is 0. The molecule has 128 valence electrons. The van der Waals surface area contributed by atoms with Crippen LogP contribution in [0.25, 0.3) is 0 Å². The van der Waals surface area contributed by atoms with Crippen molar-refractivity contribution in [3.8, 4) is 0 Å². The van der Waals surface area contributed by atoms with E-state index in [0.717, 1.165) is 37.2 Å². The molecule has 1 saturated carbocycles. The summed E-state index contributed by atoms with van der Waals surface area (Å²) in [6, 6.07) is 13.7. The van der Waals surface area contributed by atoms with E-state index in [2.05, 4.69) is 37.3 Å². The van der Waals surface area contributed by atoms with Gasteiger partial charge in [0.15, 0.2) is 0 Å². The first-order valence-corrected chi connectivity index (χ1v) is 9.05. The maximum absolute atomic E-state index is 13.8. The normalized spacial score (nSPS) is 22.3. The highest BCUT2D eigenvalue weighted by molar-refractivity contribution is 5.28. The first kappa shape index (κ1) is 17.1. The molecule has 0 nitrogen and oxygen atoms in total. The lowest BCUT2D eigenvalue weighted by Gasteiger charge is -2.30. The molecular formula is C22H26F2. The zero-order chi connectivity index (χ0) is 17.1. The molecule has 0 N–H and O–H groups in total. The molecule has 0 heterocycles. The van der Waals surface area contributed by atoms with Crippen LogP contribution in [0.1, 0.15) is 67.6 Å². The summed E-state index contributed by atoms with van der Waals surface area (Å²) >= 11 is 0. The fraction of sp³-hybridized carbons (Fsp3) is 0.455. The minimum Gasteiger partial charge on any atom is -0.207 e. The van der Waals surface area contributed by atoms with Gasteiger partial charge < -0.3 is 0 Å². The highest BCUT2D eigenvalue weighted by Gasteiger charge is 2.25. The molecular weight excluding hydrogens is 302 g/mol. The molecule has 2 aromatic rings. The lowest BCUT2D eigenvalue weighted by Crippen LogP contribution is -2.15. The van der Waals surface area contributed by atoms with Gasteiger partial charge in [0.2, 0.25) is 0 Å². The summed E-state index contributed by atoms with van der Waals surface area (Å²) in [4.78, 5) is 0. The Labute approximate surface area is 143 Å². The molecule has 1 aliphatic carbocycles. The minimum absolute atomic E-state index is 0.129. The van der Waals surface area contributed by atoms with E-state index >= 15 is 0 Å². The van der Waals surface area contributed by atoms with Gasteiger partial charge in [-0.1, -0.05) is 37.3 Å². The molecule has 0 bridgehead atoms. The second-order valence-corrected chi connectivity index (χ2v) is 7.37. The van der Waals surface area contributed by atoms with Crippen LogP contribution >= 0.6 is 0 Å². The number of benzene rings is 2. The van der Waals surface area contributed by atoms with Gasteiger partial charge in [-0.15, -0.1) is 0 Å². The fourth-order valence-corrected chi connectivity index (χ4v) is 4.05. The van der Waals surface area contributed by atoms with Crippen LogP contribution in [-0.4, -0.2) is 0 Å². The molecule has 0 aromatic heterocycles. The molecule has 0 radical (unpaired) electrons. The quantitative estimate of drug-likeness (QED) is 0.583. The van der Waals surface area contributed by atoms with E-state index in [0.29, 0.717) is 11.8 Å². The maximum Gasteiger partial charge on any atom is 0.129 e. The Morgan fingerprint density at radius 3 is 2.12 bits per heavy atom. The number of hydrogen-bond acceptors (Lipinski definition) is 0. The van der Waals surface area contributed by atoms with Gasteiger partial charge in [-0.05, 0) is 80.0 Å². The molecule has 24 heavy (non-hydrogen) atoms. The third-order valence-corrected chi connectivity index (χ3v) is 5.68. The van der Waals surface area contributed by atoms with Crippen molar-refractivity contribution in [3.63, 3.8) is 0 Å². The van der Waals surface area contributed by atoms with Gasteiger partial charge in [0.05, 0.1) is 0 Å². The van der Waals surface area contributed by atoms with Gasteiger partial charge in [0, 0.05) is 5.56 Å². The predicted molar refractivity (Wildman–Crippen MR) is 95.3 cm³/mol. The van der Waals surface area contributed by atoms with E-state index in [1.54, 1.807) is 0 Å². The van der Waals surface area contributed by atoms with Crippen molar-refractivity contribution >= 4 is 0 Å². The molecule has 1 fully saturated rings. The third-order valence-electron chi connectivity index (χ3n) is 5.68. The summed E-state index contributed by atoms with van der Waals surface area (Å²) in [5, 5.41) is 0. The van der Waals surface area contributed by atoms with E-state index in [9.17, 15) is 8.78 Å². The van der Waals surface area contributed by atoms with Crippen LogP contribution in [0.2, 0.25) is 0 Å². The number of halogens is 2. The summed E-state index contributed by atoms with van der Waals surface area (Å²) in [6.45, 7) is 3.79. The maximum atomic E-state index is 13.8. The number of rotatable bonds is 4. The van der Waals surface area contributed by atoms with Gasteiger partial charge in [0.1, 0.15) is 11.6 Å². The minimum atomic E-state index is -0.412. The van der Waals surface area contributed by atoms with Gasteiger partial charge in [0.25, 0.3) is 0 Å². The highest BCUT2D eigenvalue weighted by atomic mass is 19.1. The van der Waals surface area contributed by atoms with E-state index in [1.807, 2.05) is 0 Å². The Hall–Kier alpha value is -1.70. The Balaban J connectivity index is 1.58. The molecule has 0 unspecified atom stereocenters. The Kier molecular flexibility index (Phi) is 5.33. The van der Waals surface area contributed by atoms with Gasteiger partial charge in [-0.25, -0.2) is 8.78 Å². The lowest BCUT2D eigenvalue weighted by molar-refractivity contribution is 0.296. The van der Waals surface area contributed by atoms with E-state index < -0.39 is 11.6 Å². The standard InChI is InChI=1S/C22H26F2/c1-15(18-6-4-3-5-7-18)12-17-8-10-19(11-9-17)20-13-21(23)16(2)22(24)14-20/h3-7,13-15,17,19H,8-12H2,1-2H3/t15-,17?,19?/m1/s1. The first-order chi connectivity index (χ1) is 11.5. The van der Waals surface area contributed by atoms with E-state index in [-0.39, 0.29) is 5.56 Å². The zero-order valence-corrected chi connectivity index (χ0v) is 14.6. The second-order valence-electron chi connectivity index (χ2n) is 7.37.